The van der Waals surface area contributed by atoms with Gasteiger partial charge in [0.25, 0.3) is 0 Å². The summed E-state index contributed by atoms with van der Waals surface area (Å²) in [6, 6.07) is 6.44. The summed E-state index contributed by atoms with van der Waals surface area (Å²) in [7, 11) is 0. The van der Waals surface area contributed by atoms with Gasteiger partial charge in [-0.2, -0.15) is 0 Å². The van der Waals surface area contributed by atoms with Crippen LogP contribution < -0.4 is 11.1 Å². The van der Waals surface area contributed by atoms with E-state index in [1.165, 1.54) is 11.1 Å². The second kappa shape index (κ2) is 6.70. The van der Waals surface area contributed by atoms with E-state index >= 15 is 0 Å². The molecule has 16 heavy (non-hydrogen) atoms. The maximum atomic E-state index is 5.76. The molecule has 0 radical (unpaired) electrons. The zero-order chi connectivity index (χ0) is 12.0. The number of hydrogen-bond donors (Lipinski definition) is 2. The quantitative estimate of drug-likeness (QED) is 0.642. The van der Waals surface area contributed by atoms with E-state index in [0.29, 0.717) is 6.54 Å². The monoisotopic (exact) mass is 280 g/mol. The number of aryl methyl sites for hydroxylation is 1. The number of rotatable bonds is 5. The predicted molar refractivity (Wildman–Crippen MR) is 72.1 cm³/mol. The highest BCUT2D eigenvalue weighted by atomic mass is 79.9. The highest BCUT2D eigenvalue weighted by Gasteiger charge is 2.11. The van der Waals surface area contributed by atoms with Crippen molar-refractivity contribution in [2.24, 2.45) is 5.73 Å². The first-order valence-corrected chi connectivity index (χ1v) is 6.11. The number of nitrogens with two attached hydrogens (primary N) is 1. The van der Waals surface area contributed by atoms with E-state index in [4.69, 9.17) is 12.2 Å². The highest BCUT2D eigenvalue weighted by Crippen LogP contribution is 2.24. The van der Waals surface area contributed by atoms with Crippen LogP contribution in [0.1, 0.15) is 23.6 Å². The molecule has 3 heteroatoms. The fraction of sp³-hybridized carbons (Fsp3) is 0.385. The first-order chi connectivity index (χ1) is 7.69. The zero-order valence-corrected chi connectivity index (χ0v) is 11.0. The Kier molecular flexibility index (Phi) is 5.54. The average Bonchev–Trinajstić information content (AvgIpc) is 2.26. The Morgan fingerprint density at radius 2 is 2.31 bits per heavy atom. The largest absolute Gasteiger partial charge is 0.329 e. The molecular weight excluding hydrogens is 264 g/mol. The Morgan fingerprint density at radius 3 is 2.88 bits per heavy atom. The molecule has 0 aliphatic carbocycles. The van der Waals surface area contributed by atoms with Crippen LogP contribution in [0, 0.1) is 19.3 Å². The lowest BCUT2D eigenvalue weighted by Crippen LogP contribution is -2.29. The van der Waals surface area contributed by atoms with Gasteiger partial charge in [0, 0.05) is 30.0 Å². The summed E-state index contributed by atoms with van der Waals surface area (Å²) in [5.41, 5.74) is 8.18. The molecule has 86 valence electrons. The third kappa shape index (κ3) is 3.64. The summed E-state index contributed by atoms with van der Waals surface area (Å²) < 4.78 is 1.09. The minimum absolute atomic E-state index is 0.156. The molecule has 0 saturated heterocycles. The lowest BCUT2D eigenvalue weighted by molar-refractivity contribution is 0.549. The molecule has 0 bridgehead atoms. The summed E-state index contributed by atoms with van der Waals surface area (Å²) >= 11 is 3.56. The molecule has 0 aliphatic rings. The van der Waals surface area contributed by atoms with Gasteiger partial charge in [0.1, 0.15) is 0 Å². The molecule has 1 aromatic rings. The van der Waals surface area contributed by atoms with Crippen molar-refractivity contribution in [3.8, 4) is 12.3 Å². The molecule has 0 heterocycles. The molecule has 0 aliphatic heterocycles. The SMILES string of the molecule is C#CCCNC(CN)c1ccc(C)cc1Br. The van der Waals surface area contributed by atoms with Gasteiger partial charge in [0.05, 0.1) is 0 Å². The predicted octanol–water partition coefficient (Wildman–Crippen LogP) is 2.37. The van der Waals surface area contributed by atoms with Crippen molar-refractivity contribution in [1.29, 1.82) is 0 Å². The zero-order valence-electron chi connectivity index (χ0n) is 9.46. The van der Waals surface area contributed by atoms with Gasteiger partial charge in [-0.25, -0.2) is 0 Å². The van der Waals surface area contributed by atoms with Crippen molar-refractivity contribution in [2.45, 2.75) is 19.4 Å². The maximum Gasteiger partial charge on any atom is 0.0456 e. The van der Waals surface area contributed by atoms with Gasteiger partial charge in [-0.1, -0.05) is 28.1 Å². The Balaban J connectivity index is 2.75. The summed E-state index contributed by atoms with van der Waals surface area (Å²) in [5.74, 6) is 2.61. The molecule has 0 aromatic heterocycles. The van der Waals surface area contributed by atoms with Crippen molar-refractivity contribution >= 4 is 15.9 Å². The fourth-order valence-electron chi connectivity index (χ4n) is 1.55. The molecule has 3 N–H and O–H groups in total. The molecule has 1 unspecified atom stereocenters. The van der Waals surface area contributed by atoms with Crippen LogP contribution in [-0.4, -0.2) is 13.1 Å². The lowest BCUT2D eigenvalue weighted by Gasteiger charge is -2.18. The van der Waals surface area contributed by atoms with Gasteiger partial charge < -0.3 is 11.1 Å². The van der Waals surface area contributed by atoms with E-state index in [-0.39, 0.29) is 6.04 Å². The van der Waals surface area contributed by atoms with Crippen LogP contribution >= 0.6 is 15.9 Å². The van der Waals surface area contributed by atoms with E-state index < -0.39 is 0 Å². The number of benzene rings is 1. The second-order valence-corrected chi connectivity index (χ2v) is 4.58. The van der Waals surface area contributed by atoms with E-state index in [2.05, 4.69) is 52.3 Å². The normalized spacial score (nSPS) is 12.1. The number of nitrogens with one attached hydrogen (secondary N) is 1. The first-order valence-electron chi connectivity index (χ1n) is 5.32. The molecule has 0 saturated carbocycles. The molecule has 0 spiro atoms. The van der Waals surface area contributed by atoms with Gasteiger partial charge in [0.15, 0.2) is 0 Å². The summed E-state index contributed by atoms with van der Waals surface area (Å²) in [5, 5.41) is 3.35. The van der Waals surface area contributed by atoms with Crippen LogP contribution in [0.15, 0.2) is 22.7 Å². The van der Waals surface area contributed by atoms with Gasteiger partial charge >= 0.3 is 0 Å². The van der Waals surface area contributed by atoms with Crippen LogP contribution in [0.4, 0.5) is 0 Å². The number of halogens is 1. The van der Waals surface area contributed by atoms with E-state index in [0.717, 1.165) is 17.4 Å². The number of terminal acetylenes is 1. The van der Waals surface area contributed by atoms with Crippen molar-refractivity contribution in [3.05, 3.63) is 33.8 Å². The topological polar surface area (TPSA) is 38.0 Å². The van der Waals surface area contributed by atoms with Crippen LogP contribution in [0.2, 0.25) is 0 Å². The molecule has 0 amide bonds. The van der Waals surface area contributed by atoms with Crippen LogP contribution in [0.3, 0.4) is 0 Å². The van der Waals surface area contributed by atoms with Gasteiger partial charge in [0.2, 0.25) is 0 Å². The maximum absolute atomic E-state index is 5.76. The summed E-state index contributed by atoms with van der Waals surface area (Å²) in [4.78, 5) is 0. The summed E-state index contributed by atoms with van der Waals surface area (Å²) in [6.45, 7) is 3.42. The molecule has 0 fully saturated rings. The molecule has 1 rings (SSSR count). The Labute approximate surface area is 106 Å². The minimum atomic E-state index is 0.156. The minimum Gasteiger partial charge on any atom is -0.329 e. The standard InChI is InChI=1S/C13H17BrN2/c1-3-4-7-16-13(9-15)11-6-5-10(2)8-12(11)14/h1,5-6,8,13,16H,4,7,9,15H2,2H3. The molecule has 2 nitrogen and oxygen atoms in total. The van der Waals surface area contributed by atoms with Gasteiger partial charge in [-0.05, 0) is 24.1 Å². The van der Waals surface area contributed by atoms with Crippen LogP contribution in [-0.2, 0) is 0 Å². The third-order valence-electron chi connectivity index (χ3n) is 2.43. The highest BCUT2D eigenvalue weighted by molar-refractivity contribution is 9.10. The second-order valence-electron chi connectivity index (χ2n) is 3.72. The molecule has 1 atom stereocenters. The van der Waals surface area contributed by atoms with Crippen molar-refractivity contribution in [3.63, 3.8) is 0 Å². The first kappa shape index (κ1) is 13.2. The van der Waals surface area contributed by atoms with Gasteiger partial charge in [-0.15, -0.1) is 12.3 Å². The van der Waals surface area contributed by atoms with Crippen LogP contribution in [0.5, 0.6) is 0 Å². The third-order valence-corrected chi connectivity index (χ3v) is 3.11. The molecule has 1 aromatic carbocycles. The van der Waals surface area contributed by atoms with Crippen LogP contribution in [0.25, 0.3) is 0 Å². The Hall–Kier alpha value is -0.820. The van der Waals surface area contributed by atoms with Crippen molar-refractivity contribution < 1.29 is 0 Å². The van der Waals surface area contributed by atoms with E-state index in [1.54, 1.807) is 0 Å². The Morgan fingerprint density at radius 1 is 1.56 bits per heavy atom. The lowest BCUT2D eigenvalue weighted by atomic mass is 10.1. The van der Waals surface area contributed by atoms with E-state index in [9.17, 15) is 0 Å². The summed E-state index contributed by atoms with van der Waals surface area (Å²) in [6.07, 6.45) is 5.94. The van der Waals surface area contributed by atoms with E-state index in [1.807, 2.05) is 0 Å². The van der Waals surface area contributed by atoms with Gasteiger partial charge in [-0.3, -0.25) is 0 Å². The van der Waals surface area contributed by atoms with Crippen molar-refractivity contribution in [2.75, 3.05) is 13.1 Å². The fourth-order valence-corrected chi connectivity index (χ4v) is 2.32. The smallest absolute Gasteiger partial charge is 0.0456 e. The molecular formula is C13H17BrN2. The average molecular weight is 281 g/mol. The van der Waals surface area contributed by atoms with Crippen molar-refractivity contribution in [1.82, 2.24) is 5.32 Å². The number of hydrogen-bond acceptors (Lipinski definition) is 2. The Bertz CT molecular complexity index is 382.